The molecule has 0 radical (unpaired) electrons. The van der Waals surface area contributed by atoms with Crippen LogP contribution in [0.5, 0.6) is 0 Å². The van der Waals surface area contributed by atoms with Gasteiger partial charge in [-0.05, 0) is 56.3 Å². The van der Waals surface area contributed by atoms with Crippen molar-refractivity contribution in [3.63, 3.8) is 0 Å². The molecule has 0 aliphatic heterocycles. The highest BCUT2D eigenvalue weighted by molar-refractivity contribution is 5.35. The number of likely N-dealkylation sites (N-methyl/N-ethyl adjacent to an activating group) is 1. The molecule has 2 rings (SSSR count). The van der Waals surface area contributed by atoms with Crippen molar-refractivity contribution in [2.75, 3.05) is 7.05 Å². The largest absolute Gasteiger partial charge is 0.387 e. The fourth-order valence-corrected chi connectivity index (χ4v) is 2.38. The average Bonchev–Trinajstić information content (AvgIpc) is 2.36. The van der Waals surface area contributed by atoms with Crippen LogP contribution in [0, 0.1) is 0 Å². The Hall–Kier alpha value is -0.860. The number of aryl methyl sites for hydroxylation is 2. The molecule has 2 nitrogen and oxygen atoms in total. The maximum Gasteiger partial charge on any atom is 0.0940 e. The Bertz CT molecular complexity index is 362. The second kappa shape index (κ2) is 4.98. The Kier molecular flexibility index (Phi) is 3.62. The van der Waals surface area contributed by atoms with E-state index in [1.807, 2.05) is 14.0 Å². The number of fused-ring (bicyclic) bond motifs is 1. The molecular formula is C14H21NO. The minimum atomic E-state index is -0.405. The molecule has 0 saturated heterocycles. The first-order valence-corrected chi connectivity index (χ1v) is 6.19. The fourth-order valence-electron chi connectivity index (χ4n) is 2.38. The van der Waals surface area contributed by atoms with Crippen LogP contribution in [-0.2, 0) is 12.8 Å². The molecule has 2 unspecified atom stereocenters. The van der Waals surface area contributed by atoms with Crippen LogP contribution >= 0.6 is 0 Å². The van der Waals surface area contributed by atoms with Crippen molar-refractivity contribution in [2.45, 2.75) is 44.8 Å². The Morgan fingerprint density at radius 1 is 1.19 bits per heavy atom. The quantitative estimate of drug-likeness (QED) is 0.817. The summed E-state index contributed by atoms with van der Waals surface area (Å²) in [7, 11) is 1.88. The van der Waals surface area contributed by atoms with Crippen molar-refractivity contribution in [1.82, 2.24) is 5.32 Å². The molecule has 0 aromatic heterocycles. The van der Waals surface area contributed by atoms with Crippen LogP contribution in [-0.4, -0.2) is 18.2 Å². The second-order valence-corrected chi connectivity index (χ2v) is 4.76. The number of aliphatic hydroxyl groups is 1. The molecule has 0 amide bonds. The summed E-state index contributed by atoms with van der Waals surface area (Å²) in [6.45, 7) is 2.00. The smallest absolute Gasteiger partial charge is 0.0940 e. The standard InChI is InChI=1S/C14H21NO/c1-10(15-2)14(16)13-8-7-11-5-3-4-6-12(11)9-13/h7-10,14-16H,3-6H2,1-2H3. The first-order chi connectivity index (χ1) is 7.72. The molecule has 88 valence electrons. The lowest BCUT2D eigenvalue weighted by atomic mass is 9.89. The summed E-state index contributed by atoms with van der Waals surface area (Å²) in [6, 6.07) is 6.55. The van der Waals surface area contributed by atoms with Crippen molar-refractivity contribution >= 4 is 0 Å². The highest BCUT2D eigenvalue weighted by Crippen LogP contribution is 2.25. The molecule has 1 aliphatic carbocycles. The number of rotatable bonds is 3. The number of nitrogens with one attached hydrogen (secondary N) is 1. The lowest BCUT2D eigenvalue weighted by molar-refractivity contribution is 0.140. The van der Waals surface area contributed by atoms with E-state index in [1.54, 1.807) is 0 Å². The predicted molar refractivity (Wildman–Crippen MR) is 66.6 cm³/mol. The van der Waals surface area contributed by atoms with Crippen LogP contribution in [0.4, 0.5) is 0 Å². The minimum absolute atomic E-state index is 0.0987. The van der Waals surface area contributed by atoms with E-state index in [0.717, 1.165) is 5.56 Å². The van der Waals surface area contributed by atoms with E-state index in [1.165, 1.54) is 36.8 Å². The van der Waals surface area contributed by atoms with Gasteiger partial charge >= 0.3 is 0 Å². The molecule has 0 heterocycles. The molecule has 0 spiro atoms. The molecule has 1 aromatic rings. The van der Waals surface area contributed by atoms with E-state index in [-0.39, 0.29) is 6.04 Å². The second-order valence-electron chi connectivity index (χ2n) is 4.76. The SMILES string of the molecule is CNC(C)C(O)c1ccc2c(c1)CCCC2. The van der Waals surface area contributed by atoms with E-state index in [9.17, 15) is 5.11 Å². The number of hydrogen-bond donors (Lipinski definition) is 2. The maximum absolute atomic E-state index is 10.1. The zero-order chi connectivity index (χ0) is 11.5. The van der Waals surface area contributed by atoms with Crippen molar-refractivity contribution in [3.8, 4) is 0 Å². The molecular weight excluding hydrogens is 198 g/mol. The first-order valence-electron chi connectivity index (χ1n) is 6.19. The molecule has 2 heteroatoms. The zero-order valence-electron chi connectivity index (χ0n) is 10.2. The normalized spacial score (nSPS) is 18.9. The van der Waals surface area contributed by atoms with Gasteiger partial charge in [-0.15, -0.1) is 0 Å². The van der Waals surface area contributed by atoms with Gasteiger partial charge in [-0.1, -0.05) is 18.2 Å². The third-order valence-electron chi connectivity index (χ3n) is 3.64. The van der Waals surface area contributed by atoms with Crippen LogP contribution in [0.2, 0.25) is 0 Å². The molecule has 2 atom stereocenters. The molecule has 1 aliphatic rings. The summed E-state index contributed by atoms with van der Waals surface area (Å²) in [5.74, 6) is 0. The van der Waals surface area contributed by atoms with E-state index >= 15 is 0 Å². The van der Waals surface area contributed by atoms with Crippen molar-refractivity contribution < 1.29 is 5.11 Å². The summed E-state index contributed by atoms with van der Waals surface area (Å²) in [5, 5.41) is 13.2. The lowest BCUT2D eigenvalue weighted by Gasteiger charge is -2.22. The van der Waals surface area contributed by atoms with Crippen molar-refractivity contribution in [2.24, 2.45) is 0 Å². The Labute approximate surface area is 97.7 Å². The van der Waals surface area contributed by atoms with Gasteiger partial charge in [0.05, 0.1) is 6.10 Å². The van der Waals surface area contributed by atoms with Gasteiger partial charge in [-0.2, -0.15) is 0 Å². The van der Waals surface area contributed by atoms with Crippen LogP contribution in [0.3, 0.4) is 0 Å². The van der Waals surface area contributed by atoms with E-state index < -0.39 is 6.10 Å². The molecule has 0 bridgehead atoms. The summed E-state index contributed by atoms with van der Waals surface area (Å²) in [6.07, 6.45) is 4.56. The average molecular weight is 219 g/mol. The molecule has 0 saturated carbocycles. The topological polar surface area (TPSA) is 32.3 Å². The fraction of sp³-hybridized carbons (Fsp3) is 0.571. The zero-order valence-corrected chi connectivity index (χ0v) is 10.2. The first kappa shape index (κ1) is 11.6. The Balaban J connectivity index is 2.22. The van der Waals surface area contributed by atoms with Gasteiger partial charge in [0.1, 0.15) is 0 Å². The van der Waals surface area contributed by atoms with Crippen LogP contribution < -0.4 is 5.32 Å². The van der Waals surface area contributed by atoms with Gasteiger partial charge in [0.25, 0.3) is 0 Å². The van der Waals surface area contributed by atoms with Gasteiger partial charge in [0.2, 0.25) is 0 Å². The van der Waals surface area contributed by atoms with Gasteiger partial charge in [-0.25, -0.2) is 0 Å². The monoisotopic (exact) mass is 219 g/mol. The van der Waals surface area contributed by atoms with Crippen LogP contribution in [0.15, 0.2) is 18.2 Å². The number of hydrogen-bond acceptors (Lipinski definition) is 2. The molecule has 16 heavy (non-hydrogen) atoms. The molecule has 2 N–H and O–H groups in total. The van der Waals surface area contributed by atoms with E-state index in [4.69, 9.17) is 0 Å². The van der Waals surface area contributed by atoms with E-state index in [0.29, 0.717) is 0 Å². The molecule has 0 fully saturated rings. The van der Waals surface area contributed by atoms with Gasteiger partial charge in [0, 0.05) is 6.04 Å². The summed E-state index contributed by atoms with van der Waals surface area (Å²) < 4.78 is 0. The summed E-state index contributed by atoms with van der Waals surface area (Å²) in [5.41, 5.74) is 3.95. The van der Waals surface area contributed by atoms with E-state index in [2.05, 4.69) is 23.5 Å². The predicted octanol–water partition coefficient (Wildman–Crippen LogP) is 2.21. The third-order valence-corrected chi connectivity index (χ3v) is 3.64. The highest BCUT2D eigenvalue weighted by Gasteiger charge is 2.17. The summed E-state index contributed by atoms with van der Waals surface area (Å²) >= 11 is 0. The Morgan fingerprint density at radius 2 is 1.88 bits per heavy atom. The van der Waals surface area contributed by atoms with Gasteiger partial charge in [0.15, 0.2) is 0 Å². The molecule has 1 aromatic carbocycles. The number of benzene rings is 1. The number of aliphatic hydroxyl groups excluding tert-OH is 1. The maximum atomic E-state index is 10.1. The Morgan fingerprint density at radius 3 is 2.56 bits per heavy atom. The van der Waals surface area contributed by atoms with Gasteiger partial charge < -0.3 is 10.4 Å². The van der Waals surface area contributed by atoms with Gasteiger partial charge in [-0.3, -0.25) is 0 Å². The summed E-state index contributed by atoms with van der Waals surface area (Å²) in [4.78, 5) is 0. The van der Waals surface area contributed by atoms with Crippen LogP contribution in [0.1, 0.15) is 42.6 Å². The minimum Gasteiger partial charge on any atom is -0.387 e. The lowest BCUT2D eigenvalue weighted by Crippen LogP contribution is -2.28. The van der Waals surface area contributed by atoms with Crippen LogP contribution in [0.25, 0.3) is 0 Å². The highest BCUT2D eigenvalue weighted by atomic mass is 16.3. The third kappa shape index (κ3) is 2.28. The van der Waals surface area contributed by atoms with Crippen molar-refractivity contribution in [3.05, 3.63) is 34.9 Å². The van der Waals surface area contributed by atoms with Crippen molar-refractivity contribution in [1.29, 1.82) is 0 Å².